The lowest BCUT2D eigenvalue weighted by Gasteiger charge is -2.16. The predicted molar refractivity (Wildman–Crippen MR) is 76.3 cm³/mol. The molecule has 19 heavy (non-hydrogen) atoms. The fourth-order valence-electron chi connectivity index (χ4n) is 1.85. The Balaban J connectivity index is 2.16. The standard InChI is InChI=1S/C14H18ClN3O/c1-4-16-10(3)9(2)14-17-13(18-19-14)11-5-7-12(15)8-6-11/h5-10,16H,4H2,1-3H3. The molecule has 1 heterocycles. The topological polar surface area (TPSA) is 51.0 Å². The van der Waals surface area contributed by atoms with Crippen molar-refractivity contribution in [3.63, 3.8) is 0 Å². The van der Waals surface area contributed by atoms with Gasteiger partial charge in [-0.3, -0.25) is 0 Å². The number of benzene rings is 1. The molecule has 1 N–H and O–H groups in total. The summed E-state index contributed by atoms with van der Waals surface area (Å²) in [5.74, 6) is 1.43. The molecule has 2 unspecified atom stereocenters. The van der Waals surface area contributed by atoms with Crippen LogP contribution in [-0.4, -0.2) is 22.7 Å². The Kier molecular flexibility index (Phi) is 4.56. The zero-order valence-corrected chi connectivity index (χ0v) is 12.1. The van der Waals surface area contributed by atoms with E-state index in [0.29, 0.717) is 22.8 Å². The second kappa shape index (κ2) is 6.17. The third kappa shape index (κ3) is 3.33. The summed E-state index contributed by atoms with van der Waals surface area (Å²) >= 11 is 5.86. The van der Waals surface area contributed by atoms with E-state index in [2.05, 4.69) is 36.2 Å². The number of rotatable bonds is 5. The lowest BCUT2D eigenvalue weighted by Crippen LogP contribution is -2.30. The first-order chi connectivity index (χ1) is 9.11. The van der Waals surface area contributed by atoms with E-state index in [1.165, 1.54) is 0 Å². The van der Waals surface area contributed by atoms with Gasteiger partial charge in [-0.05, 0) is 37.7 Å². The second-order valence-corrected chi connectivity index (χ2v) is 5.03. The second-order valence-electron chi connectivity index (χ2n) is 4.60. The number of halogens is 1. The van der Waals surface area contributed by atoms with Crippen molar-refractivity contribution in [3.8, 4) is 11.4 Å². The highest BCUT2D eigenvalue weighted by molar-refractivity contribution is 6.30. The normalized spacial score (nSPS) is 14.3. The minimum Gasteiger partial charge on any atom is -0.339 e. The minimum atomic E-state index is 0.175. The van der Waals surface area contributed by atoms with Gasteiger partial charge in [-0.25, -0.2) is 0 Å². The van der Waals surface area contributed by atoms with Gasteiger partial charge >= 0.3 is 0 Å². The Morgan fingerprint density at radius 2 is 1.95 bits per heavy atom. The summed E-state index contributed by atoms with van der Waals surface area (Å²) < 4.78 is 5.34. The zero-order chi connectivity index (χ0) is 13.8. The molecule has 0 aliphatic heterocycles. The van der Waals surface area contributed by atoms with Crippen LogP contribution in [0.2, 0.25) is 5.02 Å². The average Bonchev–Trinajstić information content (AvgIpc) is 2.88. The van der Waals surface area contributed by atoms with Gasteiger partial charge in [0.15, 0.2) is 0 Å². The summed E-state index contributed by atoms with van der Waals surface area (Å²) in [7, 11) is 0. The zero-order valence-electron chi connectivity index (χ0n) is 11.4. The summed E-state index contributed by atoms with van der Waals surface area (Å²) in [6, 6.07) is 7.70. The van der Waals surface area contributed by atoms with E-state index >= 15 is 0 Å². The molecule has 2 atom stereocenters. The highest BCUT2D eigenvalue weighted by Gasteiger charge is 2.20. The first kappa shape index (κ1) is 14.0. The molecule has 102 valence electrons. The van der Waals surface area contributed by atoms with Gasteiger partial charge in [0.2, 0.25) is 11.7 Å². The quantitative estimate of drug-likeness (QED) is 0.910. The number of nitrogens with zero attached hydrogens (tertiary/aromatic N) is 2. The van der Waals surface area contributed by atoms with Gasteiger partial charge in [0.05, 0.1) is 5.92 Å². The number of nitrogens with one attached hydrogen (secondary N) is 1. The molecule has 4 nitrogen and oxygen atoms in total. The first-order valence-corrected chi connectivity index (χ1v) is 6.82. The Morgan fingerprint density at radius 1 is 1.26 bits per heavy atom. The van der Waals surface area contributed by atoms with Gasteiger partial charge in [0.25, 0.3) is 0 Å². The highest BCUT2D eigenvalue weighted by Crippen LogP contribution is 2.22. The maximum absolute atomic E-state index is 5.86. The van der Waals surface area contributed by atoms with E-state index in [1.807, 2.05) is 24.3 Å². The van der Waals surface area contributed by atoms with Crippen LogP contribution in [0.1, 0.15) is 32.6 Å². The van der Waals surface area contributed by atoms with Crippen LogP contribution in [-0.2, 0) is 0 Å². The molecule has 0 radical (unpaired) electrons. The van der Waals surface area contributed by atoms with E-state index in [4.69, 9.17) is 16.1 Å². The van der Waals surface area contributed by atoms with Crippen molar-refractivity contribution in [1.82, 2.24) is 15.5 Å². The van der Waals surface area contributed by atoms with E-state index in [1.54, 1.807) is 0 Å². The smallest absolute Gasteiger partial charge is 0.231 e. The molecule has 0 saturated heterocycles. The number of hydrogen-bond donors (Lipinski definition) is 1. The lowest BCUT2D eigenvalue weighted by molar-refractivity contribution is 0.332. The van der Waals surface area contributed by atoms with Crippen LogP contribution in [0.25, 0.3) is 11.4 Å². The van der Waals surface area contributed by atoms with Gasteiger partial charge in [-0.1, -0.05) is 30.6 Å². The summed E-state index contributed by atoms with van der Waals surface area (Å²) in [5.41, 5.74) is 0.905. The van der Waals surface area contributed by atoms with Crippen LogP contribution in [0.4, 0.5) is 0 Å². The van der Waals surface area contributed by atoms with E-state index in [0.717, 1.165) is 12.1 Å². The predicted octanol–water partition coefficient (Wildman–Crippen LogP) is 3.49. The Bertz CT molecular complexity index is 524. The molecule has 0 aliphatic carbocycles. The summed E-state index contributed by atoms with van der Waals surface area (Å²) in [6.45, 7) is 7.19. The monoisotopic (exact) mass is 279 g/mol. The van der Waals surface area contributed by atoms with Crippen LogP contribution in [0.5, 0.6) is 0 Å². The van der Waals surface area contributed by atoms with Crippen molar-refractivity contribution in [1.29, 1.82) is 0 Å². The third-order valence-electron chi connectivity index (χ3n) is 3.21. The number of likely N-dealkylation sites (N-methyl/N-ethyl adjacent to an activating group) is 1. The molecule has 0 bridgehead atoms. The van der Waals surface area contributed by atoms with Crippen LogP contribution >= 0.6 is 11.6 Å². The fourth-order valence-corrected chi connectivity index (χ4v) is 1.97. The lowest BCUT2D eigenvalue weighted by atomic mass is 10.0. The Morgan fingerprint density at radius 3 is 2.58 bits per heavy atom. The van der Waals surface area contributed by atoms with E-state index in [-0.39, 0.29) is 5.92 Å². The third-order valence-corrected chi connectivity index (χ3v) is 3.46. The molecular weight excluding hydrogens is 262 g/mol. The van der Waals surface area contributed by atoms with Crippen molar-refractivity contribution in [2.45, 2.75) is 32.7 Å². The summed E-state index contributed by atoms with van der Waals surface area (Å²) in [5, 5.41) is 8.07. The van der Waals surface area contributed by atoms with Crippen molar-refractivity contribution < 1.29 is 4.52 Å². The Hall–Kier alpha value is -1.39. The van der Waals surface area contributed by atoms with Gasteiger partial charge < -0.3 is 9.84 Å². The number of hydrogen-bond acceptors (Lipinski definition) is 4. The fraction of sp³-hybridized carbons (Fsp3) is 0.429. The molecule has 0 amide bonds. The van der Waals surface area contributed by atoms with Crippen molar-refractivity contribution >= 4 is 11.6 Å². The van der Waals surface area contributed by atoms with Crippen LogP contribution in [0.3, 0.4) is 0 Å². The van der Waals surface area contributed by atoms with Crippen LogP contribution in [0, 0.1) is 0 Å². The van der Waals surface area contributed by atoms with Crippen molar-refractivity contribution in [2.75, 3.05) is 6.54 Å². The van der Waals surface area contributed by atoms with Gasteiger partial charge in [0.1, 0.15) is 0 Å². The highest BCUT2D eigenvalue weighted by atomic mass is 35.5. The molecule has 1 aromatic heterocycles. The van der Waals surface area contributed by atoms with Crippen LogP contribution in [0.15, 0.2) is 28.8 Å². The summed E-state index contributed by atoms with van der Waals surface area (Å²) in [6.07, 6.45) is 0. The molecule has 0 saturated carbocycles. The Labute approximate surface area is 118 Å². The largest absolute Gasteiger partial charge is 0.339 e. The van der Waals surface area contributed by atoms with Crippen molar-refractivity contribution in [3.05, 3.63) is 35.2 Å². The average molecular weight is 280 g/mol. The molecule has 2 aromatic rings. The minimum absolute atomic E-state index is 0.175. The maximum Gasteiger partial charge on any atom is 0.231 e. The van der Waals surface area contributed by atoms with Gasteiger partial charge in [-0.15, -0.1) is 0 Å². The van der Waals surface area contributed by atoms with E-state index < -0.39 is 0 Å². The maximum atomic E-state index is 5.86. The van der Waals surface area contributed by atoms with E-state index in [9.17, 15) is 0 Å². The van der Waals surface area contributed by atoms with Gasteiger partial charge in [-0.2, -0.15) is 4.98 Å². The molecule has 0 fully saturated rings. The molecule has 0 aliphatic rings. The van der Waals surface area contributed by atoms with Crippen molar-refractivity contribution in [2.24, 2.45) is 0 Å². The molecule has 1 aromatic carbocycles. The SMILES string of the molecule is CCNC(C)C(C)c1nc(-c2ccc(Cl)cc2)no1. The molecule has 0 spiro atoms. The molecule has 2 rings (SSSR count). The molecule has 5 heteroatoms. The summed E-state index contributed by atoms with van der Waals surface area (Å²) in [4.78, 5) is 4.45. The number of aromatic nitrogens is 2. The van der Waals surface area contributed by atoms with Gasteiger partial charge in [0, 0.05) is 16.6 Å². The molecular formula is C14H18ClN3O. The first-order valence-electron chi connectivity index (χ1n) is 6.44. The van der Waals surface area contributed by atoms with Crippen LogP contribution < -0.4 is 5.32 Å².